The second-order valence-electron chi connectivity index (χ2n) is 6.99. The van der Waals surface area contributed by atoms with E-state index in [1.807, 2.05) is 31.2 Å². The Morgan fingerprint density at radius 3 is 2.77 bits per heavy atom. The van der Waals surface area contributed by atoms with Crippen LogP contribution in [0.1, 0.15) is 50.9 Å². The maximum absolute atomic E-state index is 12.9. The van der Waals surface area contributed by atoms with Crippen molar-refractivity contribution >= 4 is 5.91 Å². The van der Waals surface area contributed by atoms with E-state index >= 15 is 0 Å². The average Bonchev–Trinajstić information content (AvgIpc) is 3.19. The summed E-state index contributed by atoms with van der Waals surface area (Å²) in [5.74, 6) is 0.0146. The molecule has 4 nitrogen and oxygen atoms in total. The fourth-order valence-electron chi connectivity index (χ4n) is 3.89. The van der Waals surface area contributed by atoms with Gasteiger partial charge in [-0.05, 0) is 61.6 Å². The number of pyridine rings is 1. The van der Waals surface area contributed by atoms with Crippen molar-refractivity contribution in [3.8, 4) is 0 Å². The summed E-state index contributed by atoms with van der Waals surface area (Å²) < 4.78 is 2.19. The zero-order valence-corrected chi connectivity index (χ0v) is 15.2. The Bertz CT molecular complexity index is 943. The first-order valence-corrected chi connectivity index (χ1v) is 9.08. The number of carbonyl (C=O) groups excluding carboxylic acids is 1. The third-order valence-electron chi connectivity index (χ3n) is 5.35. The molecule has 132 valence electrons. The molecular formula is C22H23N3O. The van der Waals surface area contributed by atoms with E-state index < -0.39 is 0 Å². The highest BCUT2D eigenvalue weighted by atomic mass is 16.1. The Kier molecular flexibility index (Phi) is 4.33. The summed E-state index contributed by atoms with van der Waals surface area (Å²) >= 11 is 0. The highest BCUT2D eigenvalue weighted by Crippen LogP contribution is 2.31. The van der Waals surface area contributed by atoms with E-state index in [4.69, 9.17) is 0 Å². The van der Waals surface area contributed by atoms with Crippen molar-refractivity contribution in [3.05, 3.63) is 88.5 Å². The SMILES string of the molecule is Cc1cc(C(=O)NC2CCc3ccccc32)c(C)n1Cc1ccncc1. The molecule has 4 rings (SSSR count). The van der Waals surface area contributed by atoms with Crippen LogP contribution in [0.5, 0.6) is 0 Å². The lowest BCUT2D eigenvalue weighted by Crippen LogP contribution is -2.27. The number of amides is 1. The standard InChI is InChI=1S/C22H23N3O/c1-15-13-20(16(2)25(15)14-17-9-11-23-12-10-17)22(26)24-21-8-7-18-5-3-4-6-19(18)21/h3-6,9-13,21H,7-8,14H2,1-2H3,(H,24,26). The highest BCUT2D eigenvalue weighted by Gasteiger charge is 2.25. The van der Waals surface area contributed by atoms with Gasteiger partial charge < -0.3 is 9.88 Å². The fourth-order valence-corrected chi connectivity index (χ4v) is 3.89. The van der Waals surface area contributed by atoms with Crippen molar-refractivity contribution in [2.75, 3.05) is 0 Å². The number of aromatic nitrogens is 2. The number of hydrogen-bond donors (Lipinski definition) is 1. The first-order chi connectivity index (χ1) is 12.6. The quantitative estimate of drug-likeness (QED) is 0.778. The second kappa shape index (κ2) is 6.79. The van der Waals surface area contributed by atoms with Gasteiger partial charge in [0.05, 0.1) is 11.6 Å². The lowest BCUT2D eigenvalue weighted by atomic mass is 10.1. The lowest BCUT2D eigenvalue weighted by Gasteiger charge is -2.14. The minimum atomic E-state index is 0.0146. The number of nitrogens with one attached hydrogen (secondary N) is 1. The minimum Gasteiger partial charge on any atom is -0.345 e. The number of hydrogen-bond acceptors (Lipinski definition) is 2. The third-order valence-corrected chi connectivity index (χ3v) is 5.35. The number of fused-ring (bicyclic) bond motifs is 1. The molecule has 1 atom stereocenters. The molecule has 4 heteroatoms. The Labute approximate surface area is 153 Å². The molecule has 2 aromatic heterocycles. The highest BCUT2D eigenvalue weighted by molar-refractivity contribution is 5.96. The molecule has 0 spiro atoms. The van der Waals surface area contributed by atoms with E-state index in [1.54, 1.807) is 12.4 Å². The van der Waals surface area contributed by atoms with Crippen LogP contribution in [-0.2, 0) is 13.0 Å². The number of aryl methyl sites for hydroxylation is 2. The lowest BCUT2D eigenvalue weighted by molar-refractivity contribution is 0.0936. The molecule has 3 aromatic rings. The molecule has 0 bridgehead atoms. The zero-order chi connectivity index (χ0) is 18.1. The van der Waals surface area contributed by atoms with Crippen molar-refractivity contribution in [2.24, 2.45) is 0 Å². The minimum absolute atomic E-state index is 0.0146. The fraction of sp³-hybridized carbons (Fsp3) is 0.273. The number of benzene rings is 1. The monoisotopic (exact) mass is 345 g/mol. The van der Waals surface area contributed by atoms with Gasteiger partial charge in [0.25, 0.3) is 5.91 Å². The molecule has 0 fully saturated rings. The van der Waals surface area contributed by atoms with Gasteiger partial charge in [0.1, 0.15) is 0 Å². The molecule has 1 aromatic carbocycles. The van der Waals surface area contributed by atoms with Crippen LogP contribution in [0.4, 0.5) is 0 Å². The molecule has 0 saturated carbocycles. The first kappa shape index (κ1) is 16.6. The van der Waals surface area contributed by atoms with Crippen LogP contribution in [0, 0.1) is 13.8 Å². The maximum Gasteiger partial charge on any atom is 0.253 e. The van der Waals surface area contributed by atoms with E-state index in [0.717, 1.165) is 36.3 Å². The summed E-state index contributed by atoms with van der Waals surface area (Å²) in [5, 5.41) is 3.23. The molecule has 0 radical (unpaired) electrons. The Balaban J connectivity index is 1.55. The van der Waals surface area contributed by atoms with Crippen molar-refractivity contribution in [2.45, 2.75) is 39.3 Å². The summed E-state index contributed by atoms with van der Waals surface area (Å²) in [6.07, 6.45) is 5.60. The van der Waals surface area contributed by atoms with Crippen molar-refractivity contribution in [3.63, 3.8) is 0 Å². The molecule has 1 unspecified atom stereocenters. The van der Waals surface area contributed by atoms with Gasteiger partial charge in [-0.15, -0.1) is 0 Å². The van der Waals surface area contributed by atoms with E-state index in [-0.39, 0.29) is 11.9 Å². The largest absolute Gasteiger partial charge is 0.345 e. The van der Waals surface area contributed by atoms with Crippen LogP contribution in [-0.4, -0.2) is 15.5 Å². The molecule has 1 aliphatic carbocycles. The van der Waals surface area contributed by atoms with E-state index in [2.05, 4.69) is 40.0 Å². The molecule has 1 aliphatic rings. The van der Waals surface area contributed by atoms with Gasteiger partial charge in [-0.25, -0.2) is 0 Å². The summed E-state index contributed by atoms with van der Waals surface area (Å²) in [4.78, 5) is 17.0. The van der Waals surface area contributed by atoms with Gasteiger partial charge in [0.15, 0.2) is 0 Å². The Hall–Kier alpha value is -2.88. The molecule has 26 heavy (non-hydrogen) atoms. The summed E-state index contributed by atoms with van der Waals surface area (Å²) in [5.41, 5.74) is 6.64. The summed E-state index contributed by atoms with van der Waals surface area (Å²) in [7, 11) is 0. The summed E-state index contributed by atoms with van der Waals surface area (Å²) in [6, 6.07) is 14.5. The van der Waals surface area contributed by atoms with Crippen molar-refractivity contribution in [1.82, 2.24) is 14.9 Å². The van der Waals surface area contributed by atoms with Gasteiger partial charge in [-0.3, -0.25) is 9.78 Å². The van der Waals surface area contributed by atoms with Crippen LogP contribution in [0.2, 0.25) is 0 Å². The van der Waals surface area contributed by atoms with Crippen LogP contribution >= 0.6 is 0 Å². The van der Waals surface area contributed by atoms with Crippen LogP contribution < -0.4 is 5.32 Å². The number of nitrogens with zero attached hydrogens (tertiary/aromatic N) is 2. The maximum atomic E-state index is 12.9. The van der Waals surface area contributed by atoms with Crippen LogP contribution in [0.3, 0.4) is 0 Å². The van der Waals surface area contributed by atoms with Gasteiger partial charge >= 0.3 is 0 Å². The molecule has 0 aliphatic heterocycles. The normalized spacial score (nSPS) is 15.7. The van der Waals surface area contributed by atoms with E-state index in [9.17, 15) is 4.79 Å². The summed E-state index contributed by atoms with van der Waals surface area (Å²) in [6.45, 7) is 4.82. The van der Waals surface area contributed by atoms with Gasteiger partial charge in [-0.1, -0.05) is 24.3 Å². The molecule has 1 N–H and O–H groups in total. The predicted molar refractivity (Wildman–Crippen MR) is 102 cm³/mol. The smallest absolute Gasteiger partial charge is 0.253 e. The van der Waals surface area contributed by atoms with Crippen molar-refractivity contribution < 1.29 is 4.79 Å². The predicted octanol–water partition coefficient (Wildman–Crippen LogP) is 3.97. The van der Waals surface area contributed by atoms with Gasteiger partial charge in [0.2, 0.25) is 0 Å². The van der Waals surface area contributed by atoms with Crippen LogP contribution in [0.25, 0.3) is 0 Å². The first-order valence-electron chi connectivity index (χ1n) is 9.08. The Morgan fingerprint density at radius 1 is 1.19 bits per heavy atom. The topological polar surface area (TPSA) is 46.9 Å². The zero-order valence-electron chi connectivity index (χ0n) is 15.2. The molecule has 2 heterocycles. The van der Waals surface area contributed by atoms with Gasteiger partial charge in [-0.2, -0.15) is 0 Å². The van der Waals surface area contributed by atoms with Crippen LogP contribution in [0.15, 0.2) is 54.9 Å². The molecular weight excluding hydrogens is 322 g/mol. The van der Waals surface area contributed by atoms with E-state index in [0.29, 0.717) is 0 Å². The molecule has 1 amide bonds. The Morgan fingerprint density at radius 2 is 1.96 bits per heavy atom. The van der Waals surface area contributed by atoms with Crippen molar-refractivity contribution in [1.29, 1.82) is 0 Å². The number of rotatable bonds is 4. The second-order valence-corrected chi connectivity index (χ2v) is 6.99. The van der Waals surface area contributed by atoms with E-state index in [1.165, 1.54) is 16.7 Å². The third kappa shape index (κ3) is 3.03. The van der Waals surface area contributed by atoms with Gasteiger partial charge in [0, 0.05) is 30.3 Å². The molecule has 0 saturated heterocycles. The number of carbonyl (C=O) groups is 1. The average molecular weight is 345 g/mol.